The van der Waals surface area contributed by atoms with Gasteiger partial charge in [-0.15, -0.1) is 0 Å². The topological polar surface area (TPSA) is 119 Å². The summed E-state index contributed by atoms with van der Waals surface area (Å²) in [5.41, 5.74) is 2.07. The van der Waals surface area contributed by atoms with E-state index in [0.29, 0.717) is 22.3 Å². The van der Waals surface area contributed by atoms with Gasteiger partial charge in [0.1, 0.15) is 11.8 Å². The minimum atomic E-state index is -0.246. The van der Waals surface area contributed by atoms with E-state index >= 15 is 0 Å². The van der Waals surface area contributed by atoms with Gasteiger partial charge in [0.15, 0.2) is 17.3 Å². The maximum absolute atomic E-state index is 13.7. The highest BCUT2D eigenvalue weighted by molar-refractivity contribution is 5.93. The number of hydrogen-bond acceptors (Lipinski definition) is 8. The van der Waals surface area contributed by atoms with Crippen molar-refractivity contribution in [2.75, 3.05) is 36.4 Å². The summed E-state index contributed by atoms with van der Waals surface area (Å²) in [4.78, 5) is 36.5. The molecule has 34 heavy (non-hydrogen) atoms. The number of hydrogen-bond donors (Lipinski definition) is 2. The van der Waals surface area contributed by atoms with Gasteiger partial charge in [0.05, 0.1) is 5.69 Å². The summed E-state index contributed by atoms with van der Waals surface area (Å²) in [5.74, 6) is 0.126. The van der Waals surface area contributed by atoms with Gasteiger partial charge < -0.3 is 15.4 Å². The molecule has 4 heterocycles. The normalized spacial score (nSPS) is 16.8. The SMILES string of the molecule is CC(=O)c1ncc2c(C)c(Nc3ccc(N4CCNCC4)c[n+]3[O-])c(=O)n(C3CCCC3)c2n1. The van der Waals surface area contributed by atoms with Gasteiger partial charge in [-0.2, -0.15) is 0 Å². The molecule has 2 aliphatic rings. The molecule has 1 saturated carbocycles. The molecule has 0 amide bonds. The molecule has 0 spiro atoms. The van der Waals surface area contributed by atoms with Gasteiger partial charge in [0, 0.05) is 62.4 Å². The van der Waals surface area contributed by atoms with Gasteiger partial charge in [0.25, 0.3) is 11.4 Å². The number of anilines is 3. The standard InChI is InChI=1S/C24H29N7O3/c1-15-19-13-26-22(16(2)32)28-23(19)31(17-5-3-4-6-17)24(33)21(15)27-20-8-7-18(14-30(20)34)29-11-9-25-10-12-29/h7-8,13-14,17,25,27H,3-6,9-12H2,1-2H3. The maximum atomic E-state index is 13.7. The fourth-order valence-electron chi connectivity index (χ4n) is 4.96. The van der Waals surface area contributed by atoms with E-state index in [1.54, 1.807) is 23.0 Å². The van der Waals surface area contributed by atoms with Crippen molar-refractivity contribution in [3.63, 3.8) is 0 Å². The van der Waals surface area contributed by atoms with Gasteiger partial charge in [-0.3, -0.25) is 14.2 Å². The number of fused-ring (bicyclic) bond motifs is 1. The van der Waals surface area contributed by atoms with Crippen LogP contribution < -0.4 is 25.8 Å². The largest absolute Gasteiger partial charge is 0.711 e. The number of nitrogens with one attached hydrogen (secondary N) is 2. The zero-order valence-electron chi connectivity index (χ0n) is 19.5. The van der Waals surface area contributed by atoms with Crippen LogP contribution in [0.2, 0.25) is 0 Å². The molecule has 3 aromatic heterocycles. The fourth-order valence-corrected chi connectivity index (χ4v) is 4.96. The molecule has 10 nitrogen and oxygen atoms in total. The Hall–Kier alpha value is -3.53. The number of aromatic nitrogens is 4. The summed E-state index contributed by atoms with van der Waals surface area (Å²) in [6.45, 7) is 6.66. The van der Waals surface area contributed by atoms with Crippen LogP contribution in [0.4, 0.5) is 17.2 Å². The second-order valence-corrected chi connectivity index (χ2v) is 9.06. The molecule has 2 N–H and O–H groups in total. The Morgan fingerprint density at radius 1 is 1.24 bits per heavy atom. The Morgan fingerprint density at radius 2 is 1.97 bits per heavy atom. The Kier molecular flexibility index (Phi) is 5.91. The average Bonchev–Trinajstić information content (AvgIpc) is 3.37. The molecule has 178 valence electrons. The van der Waals surface area contributed by atoms with Crippen molar-refractivity contribution in [1.29, 1.82) is 0 Å². The lowest BCUT2D eigenvalue weighted by molar-refractivity contribution is -0.589. The van der Waals surface area contributed by atoms with E-state index in [0.717, 1.165) is 62.3 Å². The predicted molar refractivity (Wildman–Crippen MR) is 130 cm³/mol. The molecule has 1 saturated heterocycles. The molecular weight excluding hydrogens is 434 g/mol. The molecule has 0 atom stereocenters. The van der Waals surface area contributed by atoms with E-state index < -0.39 is 0 Å². The van der Waals surface area contributed by atoms with Crippen LogP contribution in [-0.2, 0) is 0 Å². The lowest BCUT2D eigenvalue weighted by Gasteiger charge is -2.29. The first-order chi connectivity index (χ1) is 16.4. The van der Waals surface area contributed by atoms with Gasteiger partial charge in [-0.25, -0.2) is 20.0 Å². The molecule has 2 fully saturated rings. The summed E-state index contributed by atoms with van der Waals surface area (Å²) >= 11 is 0. The highest BCUT2D eigenvalue weighted by atomic mass is 16.5. The zero-order chi connectivity index (χ0) is 23.8. The number of carbonyl (C=O) groups excluding carboxylic acids is 1. The molecule has 0 radical (unpaired) electrons. The second-order valence-electron chi connectivity index (χ2n) is 9.06. The Bertz CT molecular complexity index is 1310. The van der Waals surface area contributed by atoms with Gasteiger partial charge in [0.2, 0.25) is 0 Å². The van der Waals surface area contributed by atoms with E-state index in [-0.39, 0.29) is 29.0 Å². The van der Waals surface area contributed by atoms with E-state index in [1.807, 2.05) is 13.0 Å². The molecule has 1 aliphatic heterocycles. The number of Topliss-reactive ketones (excluding diaryl/α,β-unsaturated/α-hetero) is 1. The van der Waals surface area contributed by atoms with Crippen molar-refractivity contribution in [3.8, 4) is 0 Å². The first kappa shape index (κ1) is 22.3. The first-order valence-electron chi connectivity index (χ1n) is 11.8. The predicted octanol–water partition coefficient (Wildman–Crippen LogP) is 2.20. The van der Waals surface area contributed by atoms with Crippen molar-refractivity contribution in [2.24, 2.45) is 0 Å². The molecule has 0 aromatic carbocycles. The highest BCUT2D eigenvalue weighted by Crippen LogP contribution is 2.33. The highest BCUT2D eigenvalue weighted by Gasteiger charge is 2.27. The number of pyridine rings is 2. The van der Waals surface area contributed by atoms with E-state index in [4.69, 9.17) is 0 Å². The van der Waals surface area contributed by atoms with Gasteiger partial charge in [-0.1, -0.05) is 12.8 Å². The summed E-state index contributed by atoms with van der Waals surface area (Å²) in [5, 5.41) is 20.0. The minimum absolute atomic E-state index is 0.000296. The Morgan fingerprint density at radius 3 is 2.65 bits per heavy atom. The number of aryl methyl sites for hydroxylation is 1. The van der Waals surface area contributed by atoms with Crippen LogP contribution in [0, 0.1) is 12.1 Å². The quantitative estimate of drug-likeness (QED) is 0.336. The Labute approximate surface area is 197 Å². The molecule has 0 bridgehead atoms. The lowest BCUT2D eigenvalue weighted by atomic mass is 10.1. The van der Waals surface area contributed by atoms with Crippen molar-refractivity contribution in [3.05, 3.63) is 51.5 Å². The van der Waals surface area contributed by atoms with E-state index in [9.17, 15) is 14.8 Å². The number of nitrogens with zero attached hydrogens (tertiary/aromatic N) is 5. The van der Waals surface area contributed by atoms with Crippen LogP contribution in [0.1, 0.15) is 54.8 Å². The molecular formula is C24H29N7O3. The molecule has 0 unspecified atom stereocenters. The third kappa shape index (κ3) is 3.98. The fraction of sp³-hybridized carbons (Fsp3) is 0.458. The number of rotatable bonds is 5. The van der Waals surface area contributed by atoms with Crippen molar-refractivity contribution in [1.82, 2.24) is 19.9 Å². The van der Waals surface area contributed by atoms with Crippen LogP contribution in [0.5, 0.6) is 0 Å². The summed E-state index contributed by atoms with van der Waals surface area (Å²) < 4.78 is 2.46. The molecule has 3 aromatic rings. The average molecular weight is 464 g/mol. The van der Waals surface area contributed by atoms with Gasteiger partial charge >= 0.3 is 0 Å². The smallest absolute Gasteiger partial charge is 0.299 e. The van der Waals surface area contributed by atoms with E-state index in [1.165, 1.54) is 6.92 Å². The summed E-state index contributed by atoms with van der Waals surface area (Å²) in [7, 11) is 0. The third-order valence-electron chi connectivity index (χ3n) is 6.85. The number of piperazine rings is 1. The van der Waals surface area contributed by atoms with Gasteiger partial charge in [-0.05, 0) is 25.8 Å². The van der Waals surface area contributed by atoms with Crippen molar-refractivity contribution in [2.45, 2.75) is 45.6 Å². The molecule has 5 rings (SSSR count). The number of carbonyl (C=O) groups is 1. The second kappa shape index (κ2) is 9.02. The molecule has 10 heteroatoms. The first-order valence-corrected chi connectivity index (χ1v) is 11.8. The van der Waals surface area contributed by atoms with Crippen LogP contribution in [0.25, 0.3) is 11.0 Å². The summed E-state index contributed by atoms with van der Waals surface area (Å²) in [6, 6.07) is 3.61. The van der Waals surface area contributed by atoms with Crippen molar-refractivity contribution >= 4 is 34.0 Å². The number of ketones is 1. The van der Waals surface area contributed by atoms with Crippen LogP contribution in [0.15, 0.2) is 29.3 Å². The maximum Gasteiger partial charge on any atom is 0.299 e. The minimum Gasteiger partial charge on any atom is -0.711 e. The zero-order valence-corrected chi connectivity index (χ0v) is 19.5. The lowest BCUT2D eigenvalue weighted by Crippen LogP contribution is -2.44. The third-order valence-corrected chi connectivity index (χ3v) is 6.85. The van der Waals surface area contributed by atoms with Crippen LogP contribution >= 0.6 is 0 Å². The summed E-state index contributed by atoms with van der Waals surface area (Å²) in [6.07, 6.45) is 6.96. The van der Waals surface area contributed by atoms with Crippen LogP contribution in [-0.4, -0.2) is 46.5 Å². The van der Waals surface area contributed by atoms with Crippen molar-refractivity contribution < 1.29 is 9.52 Å². The van der Waals surface area contributed by atoms with Crippen LogP contribution in [0.3, 0.4) is 0 Å². The molecule has 1 aliphatic carbocycles. The Balaban J connectivity index is 1.59. The monoisotopic (exact) mass is 463 g/mol. The van der Waals surface area contributed by atoms with E-state index in [2.05, 4.69) is 25.5 Å².